The van der Waals surface area contributed by atoms with Crippen LogP contribution >= 0.6 is 0 Å². The maximum atomic E-state index is 13.9. The van der Waals surface area contributed by atoms with Gasteiger partial charge < -0.3 is 5.73 Å². The zero-order valence-corrected chi connectivity index (χ0v) is 11.6. The van der Waals surface area contributed by atoms with Gasteiger partial charge >= 0.3 is 6.18 Å². The van der Waals surface area contributed by atoms with Crippen molar-refractivity contribution in [2.75, 3.05) is 18.8 Å². The fourth-order valence-corrected chi connectivity index (χ4v) is 3.26. The smallest absolute Gasteiger partial charge is 0.399 e. The highest BCUT2D eigenvalue weighted by Crippen LogP contribution is 2.27. The van der Waals surface area contributed by atoms with Crippen molar-refractivity contribution in [1.82, 2.24) is 4.31 Å². The molecule has 2 N–H and O–H groups in total. The lowest BCUT2D eigenvalue weighted by atomic mass is 10.2. The van der Waals surface area contributed by atoms with Gasteiger partial charge in [0.1, 0.15) is 17.3 Å². The number of nitrogens with zero attached hydrogens (tertiary/aromatic N) is 1. The molecular formula is C11H14F4N2O2S. The minimum absolute atomic E-state index is 0.0365. The Balaban J connectivity index is 3.35. The normalized spacial score (nSPS) is 12.9. The zero-order chi connectivity index (χ0) is 15.7. The van der Waals surface area contributed by atoms with E-state index in [9.17, 15) is 26.0 Å². The molecule has 0 saturated carbocycles. The van der Waals surface area contributed by atoms with Crippen LogP contribution in [0.1, 0.15) is 12.5 Å². The number of alkyl halides is 3. The van der Waals surface area contributed by atoms with Gasteiger partial charge in [-0.05, 0) is 24.6 Å². The number of nitrogen functional groups attached to an aromatic ring is 1. The number of anilines is 1. The van der Waals surface area contributed by atoms with Crippen LogP contribution in [-0.2, 0) is 10.0 Å². The van der Waals surface area contributed by atoms with Crippen LogP contribution < -0.4 is 5.73 Å². The first-order chi connectivity index (χ1) is 8.99. The number of halogens is 4. The van der Waals surface area contributed by atoms with Crippen molar-refractivity contribution in [3.63, 3.8) is 0 Å². The largest absolute Gasteiger partial charge is 0.402 e. The summed E-state index contributed by atoms with van der Waals surface area (Å²) in [5, 5.41) is 0. The van der Waals surface area contributed by atoms with Gasteiger partial charge in [0.25, 0.3) is 0 Å². The molecule has 1 aromatic carbocycles. The summed E-state index contributed by atoms with van der Waals surface area (Å²) in [6.45, 7) is 0.402. The van der Waals surface area contributed by atoms with Gasteiger partial charge in [0.05, 0.1) is 0 Å². The van der Waals surface area contributed by atoms with E-state index >= 15 is 0 Å². The maximum Gasteiger partial charge on any atom is 0.402 e. The van der Waals surface area contributed by atoms with Gasteiger partial charge in [-0.3, -0.25) is 0 Å². The van der Waals surface area contributed by atoms with E-state index in [2.05, 4.69) is 0 Å². The SMILES string of the molecule is CCN(CC(F)(F)F)S(=O)(=O)c1cc(N)cc(C)c1F. The quantitative estimate of drug-likeness (QED) is 0.685. The van der Waals surface area contributed by atoms with E-state index in [1.807, 2.05) is 0 Å². The van der Waals surface area contributed by atoms with Crippen molar-refractivity contribution < 1.29 is 26.0 Å². The number of hydrogen-bond donors (Lipinski definition) is 1. The van der Waals surface area contributed by atoms with Gasteiger partial charge in [0, 0.05) is 12.2 Å². The number of rotatable bonds is 4. The molecule has 20 heavy (non-hydrogen) atoms. The molecule has 0 unspecified atom stereocenters. The lowest BCUT2D eigenvalue weighted by Crippen LogP contribution is -2.39. The summed E-state index contributed by atoms with van der Waals surface area (Å²) in [7, 11) is -4.60. The molecule has 0 saturated heterocycles. The summed E-state index contributed by atoms with van der Waals surface area (Å²) in [6, 6.07) is 2.02. The van der Waals surface area contributed by atoms with Gasteiger partial charge in [0.2, 0.25) is 10.0 Å². The van der Waals surface area contributed by atoms with Gasteiger partial charge in [0.15, 0.2) is 0 Å². The lowest BCUT2D eigenvalue weighted by Gasteiger charge is -2.22. The number of aryl methyl sites for hydroxylation is 1. The van der Waals surface area contributed by atoms with E-state index in [1.54, 1.807) is 0 Å². The molecule has 0 aromatic heterocycles. The van der Waals surface area contributed by atoms with Crippen LogP contribution in [0.25, 0.3) is 0 Å². The molecule has 0 bridgehead atoms. The topological polar surface area (TPSA) is 63.4 Å². The molecule has 0 fully saturated rings. The Morgan fingerprint density at radius 2 is 1.85 bits per heavy atom. The molecule has 0 aliphatic carbocycles. The van der Waals surface area contributed by atoms with E-state index in [0.29, 0.717) is 0 Å². The van der Waals surface area contributed by atoms with Crippen molar-refractivity contribution in [2.24, 2.45) is 0 Å². The zero-order valence-electron chi connectivity index (χ0n) is 10.8. The molecular weight excluding hydrogens is 300 g/mol. The molecule has 0 radical (unpaired) electrons. The molecule has 0 spiro atoms. The third-order valence-electron chi connectivity index (χ3n) is 2.57. The summed E-state index contributed by atoms with van der Waals surface area (Å²) in [4.78, 5) is -0.846. The second-order valence-corrected chi connectivity index (χ2v) is 6.10. The minimum Gasteiger partial charge on any atom is -0.399 e. The molecule has 0 heterocycles. The summed E-state index contributed by atoms with van der Waals surface area (Å²) < 4.78 is 75.3. The monoisotopic (exact) mass is 314 g/mol. The van der Waals surface area contributed by atoms with Crippen LogP contribution in [0.3, 0.4) is 0 Å². The number of nitrogens with two attached hydrogens (primary N) is 1. The predicted octanol–water partition coefficient (Wildman–Crippen LogP) is 2.29. The van der Waals surface area contributed by atoms with Crippen LogP contribution in [0.15, 0.2) is 17.0 Å². The van der Waals surface area contributed by atoms with Gasteiger partial charge in [-0.2, -0.15) is 17.5 Å². The first kappa shape index (κ1) is 16.7. The van der Waals surface area contributed by atoms with E-state index in [4.69, 9.17) is 5.73 Å². The van der Waals surface area contributed by atoms with Crippen LogP contribution in [0.5, 0.6) is 0 Å². The van der Waals surface area contributed by atoms with Crippen molar-refractivity contribution >= 4 is 15.7 Å². The second kappa shape index (κ2) is 5.57. The third kappa shape index (κ3) is 3.60. The van der Waals surface area contributed by atoms with E-state index in [-0.39, 0.29) is 15.6 Å². The van der Waals surface area contributed by atoms with Crippen LogP contribution in [0.4, 0.5) is 23.2 Å². The fourth-order valence-electron chi connectivity index (χ4n) is 1.66. The van der Waals surface area contributed by atoms with Crippen LogP contribution in [-0.4, -0.2) is 32.0 Å². The van der Waals surface area contributed by atoms with E-state index in [1.165, 1.54) is 19.9 Å². The Morgan fingerprint density at radius 1 is 1.30 bits per heavy atom. The minimum atomic E-state index is -4.71. The standard InChI is InChI=1S/C11H14F4N2O2S/c1-3-17(6-11(13,14)15)20(18,19)9-5-8(16)4-7(2)10(9)12/h4-5H,3,6,16H2,1-2H3. The number of benzene rings is 1. The van der Waals surface area contributed by atoms with Gasteiger partial charge in [-0.15, -0.1) is 0 Å². The van der Waals surface area contributed by atoms with Crippen molar-refractivity contribution in [2.45, 2.75) is 24.9 Å². The highest BCUT2D eigenvalue weighted by Gasteiger charge is 2.37. The number of hydrogen-bond acceptors (Lipinski definition) is 3. The summed E-state index contributed by atoms with van der Waals surface area (Å²) in [5.74, 6) is -1.10. The Kier molecular flexibility index (Phi) is 4.65. The molecule has 114 valence electrons. The van der Waals surface area contributed by atoms with Crippen molar-refractivity contribution in [3.05, 3.63) is 23.5 Å². The molecule has 1 rings (SSSR count). The second-order valence-electron chi connectivity index (χ2n) is 4.20. The third-order valence-corrected chi connectivity index (χ3v) is 4.49. The average Bonchev–Trinajstić information content (AvgIpc) is 2.29. The number of sulfonamides is 1. The molecule has 4 nitrogen and oxygen atoms in total. The highest BCUT2D eigenvalue weighted by atomic mass is 32.2. The van der Waals surface area contributed by atoms with Crippen LogP contribution in [0, 0.1) is 12.7 Å². The first-order valence-electron chi connectivity index (χ1n) is 5.61. The lowest BCUT2D eigenvalue weighted by molar-refractivity contribution is -0.135. The fraction of sp³-hybridized carbons (Fsp3) is 0.455. The van der Waals surface area contributed by atoms with Crippen molar-refractivity contribution in [3.8, 4) is 0 Å². The van der Waals surface area contributed by atoms with Crippen LogP contribution in [0.2, 0.25) is 0 Å². The average molecular weight is 314 g/mol. The van der Waals surface area contributed by atoms with Gasteiger partial charge in [-0.25, -0.2) is 12.8 Å². The van der Waals surface area contributed by atoms with E-state index < -0.39 is 40.0 Å². The Bertz CT molecular complexity index is 599. The summed E-state index contributed by atoms with van der Waals surface area (Å²) in [5.41, 5.74) is 5.34. The summed E-state index contributed by atoms with van der Waals surface area (Å²) >= 11 is 0. The Hall–Kier alpha value is -1.35. The van der Waals surface area contributed by atoms with E-state index in [0.717, 1.165) is 6.07 Å². The molecule has 0 aliphatic rings. The first-order valence-corrected chi connectivity index (χ1v) is 7.05. The maximum absolute atomic E-state index is 13.9. The predicted molar refractivity (Wildman–Crippen MR) is 66.0 cm³/mol. The molecule has 9 heteroatoms. The molecule has 0 atom stereocenters. The summed E-state index contributed by atoms with van der Waals surface area (Å²) in [6.07, 6.45) is -4.71. The highest BCUT2D eigenvalue weighted by molar-refractivity contribution is 7.89. The Labute approximate surface area is 114 Å². The molecule has 1 aromatic rings. The Morgan fingerprint density at radius 3 is 2.30 bits per heavy atom. The van der Waals surface area contributed by atoms with Crippen molar-refractivity contribution in [1.29, 1.82) is 0 Å². The van der Waals surface area contributed by atoms with Gasteiger partial charge in [-0.1, -0.05) is 6.92 Å². The molecule has 0 amide bonds. The molecule has 0 aliphatic heterocycles.